The molecule has 2 amide bonds. The molecule has 9 heteroatoms. The van der Waals surface area contributed by atoms with Gasteiger partial charge in [0.15, 0.2) is 0 Å². The zero-order valence-corrected chi connectivity index (χ0v) is 18.8. The summed E-state index contributed by atoms with van der Waals surface area (Å²) in [6.07, 6.45) is 5.06. The summed E-state index contributed by atoms with van der Waals surface area (Å²) in [7, 11) is 0. The van der Waals surface area contributed by atoms with E-state index in [1.54, 1.807) is 42.6 Å². The number of hydrogen-bond donors (Lipinski definition) is 2. The van der Waals surface area contributed by atoms with Gasteiger partial charge >= 0.3 is 6.03 Å². The first-order valence-electron chi connectivity index (χ1n) is 9.55. The van der Waals surface area contributed by atoms with E-state index < -0.39 is 6.03 Å². The molecule has 0 aliphatic rings. The minimum Gasteiger partial charge on any atom is -0.306 e. The quantitative estimate of drug-likeness (QED) is 0.215. The molecule has 2 aromatic carbocycles. The Kier molecular flexibility index (Phi) is 6.23. The molecule has 2 heterocycles. The maximum atomic E-state index is 12.5. The van der Waals surface area contributed by atoms with Gasteiger partial charge < -0.3 is 5.32 Å². The number of halogens is 1. The minimum absolute atomic E-state index is 0.332. The Labute approximate surface area is 192 Å². The Hall–Kier alpha value is -3.31. The fraction of sp³-hybridized carbons (Fsp3) is 0.0909. The lowest BCUT2D eigenvalue weighted by Crippen LogP contribution is -2.31. The number of nitrogens with zero attached hydrogens (tertiary/aromatic N) is 5. The fourth-order valence-corrected chi connectivity index (χ4v) is 3.41. The normalized spacial score (nSPS) is 10.7. The predicted molar refractivity (Wildman–Crippen MR) is 127 cm³/mol. The molecule has 0 saturated carbocycles. The molecule has 0 aliphatic heterocycles. The van der Waals surface area contributed by atoms with Gasteiger partial charge in [0.2, 0.25) is 0 Å². The number of rotatable bonds is 5. The number of carbonyl (C=O) groups is 1. The maximum absolute atomic E-state index is 12.5. The highest BCUT2D eigenvalue weighted by Gasteiger charge is 2.18. The standard InChI is InChI=1S/C22H19IN6O2/c1-2-28-13-19(21(27-28)20-10-11-24-14-25-20)15-4-3-5-18(12-15)29(31)22(30)26-17-8-6-16(23)7-9-17/h3-14,31H,2H2,1H3,(H,26,30). The second-order valence-corrected chi connectivity index (χ2v) is 7.89. The Morgan fingerprint density at radius 2 is 2.00 bits per heavy atom. The maximum Gasteiger partial charge on any atom is 0.350 e. The van der Waals surface area contributed by atoms with E-state index in [9.17, 15) is 10.0 Å². The van der Waals surface area contributed by atoms with Crippen molar-refractivity contribution in [1.29, 1.82) is 0 Å². The van der Waals surface area contributed by atoms with Crippen LogP contribution in [0.1, 0.15) is 6.92 Å². The van der Waals surface area contributed by atoms with E-state index in [1.165, 1.54) is 6.33 Å². The van der Waals surface area contributed by atoms with Crippen molar-refractivity contribution >= 4 is 40.0 Å². The average molecular weight is 526 g/mol. The number of anilines is 2. The molecule has 156 valence electrons. The molecule has 31 heavy (non-hydrogen) atoms. The van der Waals surface area contributed by atoms with E-state index in [2.05, 4.69) is 43.0 Å². The van der Waals surface area contributed by atoms with Gasteiger partial charge in [-0.15, -0.1) is 0 Å². The van der Waals surface area contributed by atoms with E-state index in [1.807, 2.05) is 36.0 Å². The van der Waals surface area contributed by atoms with Crippen LogP contribution in [0.5, 0.6) is 0 Å². The Morgan fingerprint density at radius 3 is 2.71 bits per heavy atom. The van der Waals surface area contributed by atoms with Crippen LogP contribution in [-0.2, 0) is 6.54 Å². The van der Waals surface area contributed by atoms with E-state index in [0.29, 0.717) is 34.4 Å². The molecular weight excluding hydrogens is 507 g/mol. The van der Waals surface area contributed by atoms with Crippen molar-refractivity contribution in [2.24, 2.45) is 0 Å². The van der Waals surface area contributed by atoms with Crippen LogP contribution in [0.3, 0.4) is 0 Å². The Balaban J connectivity index is 1.63. The summed E-state index contributed by atoms with van der Waals surface area (Å²) in [4.78, 5) is 20.8. The molecule has 0 saturated heterocycles. The molecule has 0 aliphatic carbocycles. The zero-order valence-electron chi connectivity index (χ0n) is 16.6. The number of aryl methyl sites for hydroxylation is 1. The first kappa shape index (κ1) is 20.9. The van der Waals surface area contributed by atoms with Crippen molar-refractivity contribution in [3.63, 3.8) is 0 Å². The first-order valence-corrected chi connectivity index (χ1v) is 10.6. The number of hydrogen-bond acceptors (Lipinski definition) is 5. The van der Waals surface area contributed by atoms with E-state index in [0.717, 1.165) is 14.7 Å². The van der Waals surface area contributed by atoms with E-state index >= 15 is 0 Å². The van der Waals surface area contributed by atoms with Crippen LogP contribution < -0.4 is 10.4 Å². The van der Waals surface area contributed by atoms with Gasteiger partial charge in [0.05, 0.1) is 11.4 Å². The van der Waals surface area contributed by atoms with Crippen LogP contribution >= 0.6 is 22.6 Å². The van der Waals surface area contributed by atoms with Crippen LogP contribution in [0.15, 0.2) is 73.3 Å². The summed E-state index contributed by atoms with van der Waals surface area (Å²) < 4.78 is 2.87. The number of carbonyl (C=O) groups excluding carboxylic acids is 1. The van der Waals surface area contributed by atoms with Gasteiger partial charge in [-0.3, -0.25) is 9.89 Å². The second-order valence-electron chi connectivity index (χ2n) is 6.64. The molecule has 4 rings (SSSR count). The molecule has 0 bridgehead atoms. The summed E-state index contributed by atoms with van der Waals surface area (Å²) in [5.41, 5.74) is 3.96. The number of urea groups is 1. The van der Waals surface area contributed by atoms with Crippen LogP contribution in [0.2, 0.25) is 0 Å². The number of aromatic nitrogens is 4. The molecule has 0 fully saturated rings. The first-order chi connectivity index (χ1) is 15.0. The van der Waals surface area contributed by atoms with Crippen molar-refractivity contribution < 1.29 is 10.0 Å². The fourth-order valence-electron chi connectivity index (χ4n) is 3.05. The SMILES string of the molecule is CCn1cc(-c2cccc(N(O)C(=O)Nc3ccc(I)cc3)c2)c(-c2ccncn2)n1. The smallest absolute Gasteiger partial charge is 0.306 e. The summed E-state index contributed by atoms with van der Waals surface area (Å²) in [6.45, 7) is 2.70. The van der Waals surface area contributed by atoms with Crippen LogP contribution in [-0.4, -0.2) is 31.0 Å². The highest BCUT2D eigenvalue weighted by atomic mass is 127. The number of hydroxylamine groups is 1. The van der Waals surface area contributed by atoms with Gasteiger partial charge in [-0.05, 0) is 77.5 Å². The zero-order chi connectivity index (χ0) is 21.8. The molecule has 2 aromatic heterocycles. The van der Waals surface area contributed by atoms with E-state index in [-0.39, 0.29) is 0 Å². The molecule has 2 N–H and O–H groups in total. The third-order valence-corrected chi connectivity index (χ3v) is 5.32. The van der Waals surface area contributed by atoms with Crippen molar-refractivity contribution in [2.45, 2.75) is 13.5 Å². The largest absolute Gasteiger partial charge is 0.350 e. The lowest BCUT2D eigenvalue weighted by molar-refractivity contribution is 0.216. The molecular formula is C22H19IN6O2. The lowest BCUT2D eigenvalue weighted by Gasteiger charge is -2.17. The van der Waals surface area contributed by atoms with Gasteiger partial charge in [-0.1, -0.05) is 12.1 Å². The predicted octanol–water partition coefficient (Wildman–Crippen LogP) is 5.06. The monoisotopic (exact) mass is 526 g/mol. The molecule has 0 unspecified atom stereocenters. The van der Waals surface area contributed by atoms with Gasteiger partial charge in [0, 0.05) is 33.8 Å². The van der Waals surface area contributed by atoms with Crippen molar-refractivity contribution in [3.05, 3.63) is 76.9 Å². The number of benzene rings is 2. The van der Waals surface area contributed by atoms with Gasteiger partial charge in [0.25, 0.3) is 0 Å². The topological polar surface area (TPSA) is 96.2 Å². The molecule has 4 aromatic rings. The molecule has 0 radical (unpaired) electrons. The van der Waals surface area contributed by atoms with Gasteiger partial charge in [0.1, 0.15) is 12.0 Å². The summed E-state index contributed by atoms with van der Waals surface area (Å²) >= 11 is 2.19. The highest BCUT2D eigenvalue weighted by molar-refractivity contribution is 14.1. The third kappa shape index (κ3) is 4.72. The Morgan fingerprint density at radius 1 is 1.19 bits per heavy atom. The minimum atomic E-state index is -0.654. The molecule has 0 spiro atoms. The van der Waals surface area contributed by atoms with Crippen molar-refractivity contribution in [2.75, 3.05) is 10.4 Å². The summed E-state index contributed by atoms with van der Waals surface area (Å²) in [6, 6.07) is 15.5. The van der Waals surface area contributed by atoms with Crippen LogP contribution in [0, 0.1) is 3.57 Å². The lowest BCUT2D eigenvalue weighted by atomic mass is 10.0. The van der Waals surface area contributed by atoms with Crippen LogP contribution in [0.25, 0.3) is 22.5 Å². The third-order valence-electron chi connectivity index (χ3n) is 4.60. The molecule has 8 nitrogen and oxygen atoms in total. The van der Waals surface area contributed by atoms with Crippen LogP contribution in [0.4, 0.5) is 16.2 Å². The average Bonchev–Trinajstić information content (AvgIpc) is 3.25. The Bertz CT molecular complexity index is 1190. The van der Waals surface area contributed by atoms with Crippen molar-refractivity contribution in [1.82, 2.24) is 19.7 Å². The summed E-state index contributed by atoms with van der Waals surface area (Å²) in [5.74, 6) is 0. The van der Waals surface area contributed by atoms with Crippen molar-refractivity contribution in [3.8, 4) is 22.5 Å². The molecule has 0 atom stereocenters. The van der Waals surface area contributed by atoms with Gasteiger partial charge in [-0.2, -0.15) is 10.2 Å². The van der Waals surface area contributed by atoms with E-state index in [4.69, 9.17) is 0 Å². The number of nitrogens with one attached hydrogen (secondary N) is 1. The van der Waals surface area contributed by atoms with Gasteiger partial charge in [-0.25, -0.2) is 14.8 Å². The highest BCUT2D eigenvalue weighted by Crippen LogP contribution is 2.32. The second kappa shape index (κ2) is 9.23. The number of amides is 2. The summed E-state index contributed by atoms with van der Waals surface area (Å²) in [5, 5.41) is 18.4.